The molecule has 1 aromatic heterocycles. The number of hydrogen-bond donors (Lipinski definition) is 1. The zero-order chi connectivity index (χ0) is 15.5. The minimum absolute atomic E-state index is 0.0429. The minimum atomic E-state index is -3.81. The third-order valence-electron chi connectivity index (χ3n) is 2.66. The molecule has 2 rings (SSSR count). The van der Waals surface area contributed by atoms with Crippen molar-refractivity contribution in [1.82, 2.24) is 4.72 Å². The van der Waals surface area contributed by atoms with E-state index in [0.717, 1.165) is 4.88 Å². The number of rotatable bonds is 5. The number of nitrogens with one attached hydrogen (secondary N) is 1. The molecule has 0 bridgehead atoms. The van der Waals surface area contributed by atoms with Gasteiger partial charge in [-0.1, -0.05) is 17.7 Å². The highest BCUT2D eigenvalue weighted by Crippen LogP contribution is 2.23. The summed E-state index contributed by atoms with van der Waals surface area (Å²) in [6, 6.07) is 7.61. The molecule has 0 radical (unpaired) electrons. The van der Waals surface area contributed by atoms with Crippen molar-refractivity contribution in [3.8, 4) is 0 Å². The molecule has 21 heavy (non-hydrogen) atoms. The Morgan fingerprint density at radius 3 is 2.76 bits per heavy atom. The van der Waals surface area contributed by atoms with Crippen molar-refractivity contribution in [2.24, 2.45) is 0 Å². The monoisotopic (exact) mass is 345 g/mol. The summed E-state index contributed by atoms with van der Waals surface area (Å²) in [5.74, 6) is -0.624. The number of hydrogen-bond acceptors (Lipinski definition) is 5. The molecule has 2 aromatic rings. The smallest absolute Gasteiger partial charge is 0.337 e. The van der Waals surface area contributed by atoms with Crippen LogP contribution in [0.1, 0.15) is 15.2 Å². The SMILES string of the molecule is COC(=O)c1ccc(Cl)c(S(=O)(=O)NCc2cccs2)c1. The number of ether oxygens (including phenoxy) is 1. The van der Waals surface area contributed by atoms with E-state index in [1.54, 1.807) is 0 Å². The molecule has 0 aliphatic carbocycles. The topological polar surface area (TPSA) is 72.5 Å². The molecule has 112 valence electrons. The van der Waals surface area contributed by atoms with Crippen LogP contribution < -0.4 is 4.72 Å². The van der Waals surface area contributed by atoms with Gasteiger partial charge in [-0.25, -0.2) is 17.9 Å². The summed E-state index contributed by atoms with van der Waals surface area (Å²) < 4.78 is 31.6. The number of benzene rings is 1. The van der Waals surface area contributed by atoms with E-state index >= 15 is 0 Å². The molecule has 0 fully saturated rings. The predicted octanol–water partition coefficient (Wildman–Crippen LogP) is 2.67. The second kappa shape index (κ2) is 6.57. The molecule has 0 unspecified atom stereocenters. The third kappa shape index (κ3) is 3.82. The Balaban J connectivity index is 2.28. The molecule has 0 atom stereocenters. The van der Waals surface area contributed by atoms with Crippen molar-refractivity contribution in [2.75, 3.05) is 7.11 Å². The molecule has 1 N–H and O–H groups in total. The van der Waals surface area contributed by atoms with Crippen LogP contribution in [-0.2, 0) is 21.3 Å². The van der Waals surface area contributed by atoms with Gasteiger partial charge in [-0.05, 0) is 29.6 Å². The summed E-state index contributed by atoms with van der Waals surface area (Å²) in [5, 5.41) is 1.90. The van der Waals surface area contributed by atoms with Gasteiger partial charge < -0.3 is 4.74 Å². The molecule has 5 nitrogen and oxygen atoms in total. The Morgan fingerprint density at radius 2 is 2.14 bits per heavy atom. The molecule has 1 aromatic carbocycles. The zero-order valence-electron chi connectivity index (χ0n) is 11.0. The fourth-order valence-corrected chi connectivity index (χ4v) is 3.88. The van der Waals surface area contributed by atoms with Crippen molar-refractivity contribution in [2.45, 2.75) is 11.4 Å². The summed E-state index contributed by atoms with van der Waals surface area (Å²) >= 11 is 7.36. The second-order valence-corrected chi connectivity index (χ2v) is 7.22. The Bertz CT molecular complexity index is 742. The number of carbonyl (C=O) groups excluding carboxylic acids is 1. The maximum absolute atomic E-state index is 12.3. The summed E-state index contributed by atoms with van der Waals surface area (Å²) in [6.45, 7) is 0.165. The number of esters is 1. The molecule has 0 aliphatic heterocycles. The van der Waals surface area contributed by atoms with Crippen LogP contribution in [0.15, 0.2) is 40.6 Å². The van der Waals surface area contributed by atoms with Crippen molar-refractivity contribution in [3.05, 3.63) is 51.2 Å². The normalized spacial score (nSPS) is 11.3. The van der Waals surface area contributed by atoms with E-state index in [-0.39, 0.29) is 22.0 Å². The van der Waals surface area contributed by atoms with E-state index in [9.17, 15) is 13.2 Å². The first-order valence-electron chi connectivity index (χ1n) is 5.84. The van der Waals surface area contributed by atoms with Gasteiger partial charge in [-0.15, -0.1) is 11.3 Å². The van der Waals surface area contributed by atoms with Crippen LogP contribution in [0, 0.1) is 0 Å². The number of sulfonamides is 1. The highest BCUT2D eigenvalue weighted by molar-refractivity contribution is 7.89. The molecule has 1 heterocycles. The summed E-state index contributed by atoms with van der Waals surface area (Å²) in [6.07, 6.45) is 0. The average molecular weight is 346 g/mol. The number of thiophene rings is 1. The molecular formula is C13H12ClNO4S2. The number of carbonyl (C=O) groups is 1. The second-order valence-electron chi connectivity index (χ2n) is 4.04. The van der Waals surface area contributed by atoms with E-state index in [1.807, 2.05) is 17.5 Å². The van der Waals surface area contributed by atoms with Crippen LogP contribution in [0.4, 0.5) is 0 Å². The molecule has 0 aliphatic rings. The third-order valence-corrected chi connectivity index (χ3v) is 5.42. The summed E-state index contributed by atoms with van der Waals surface area (Å²) in [5.41, 5.74) is 0.124. The van der Waals surface area contributed by atoms with Gasteiger partial charge in [-0.2, -0.15) is 0 Å². The van der Waals surface area contributed by atoms with Crippen LogP contribution >= 0.6 is 22.9 Å². The first kappa shape index (κ1) is 16.0. The van der Waals surface area contributed by atoms with Crippen LogP contribution in [0.25, 0.3) is 0 Å². The van der Waals surface area contributed by atoms with Gasteiger partial charge in [0, 0.05) is 11.4 Å². The predicted molar refractivity (Wildman–Crippen MR) is 81.1 cm³/mol. The Hall–Kier alpha value is -1.41. The lowest BCUT2D eigenvalue weighted by atomic mass is 10.2. The quantitative estimate of drug-likeness (QED) is 0.845. The largest absolute Gasteiger partial charge is 0.465 e. The van der Waals surface area contributed by atoms with Gasteiger partial charge in [0.05, 0.1) is 17.7 Å². The van der Waals surface area contributed by atoms with Crippen LogP contribution in [0.5, 0.6) is 0 Å². The van der Waals surface area contributed by atoms with E-state index in [1.165, 1.54) is 36.6 Å². The molecular weight excluding hydrogens is 334 g/mol. The zero-order valence-corrected chi connectivity index (χ0v) is 13.4. The Morgan fingerprint density at radius 1 is 1.38 bits per heavy atom. The van der Waals surface area contributed by atoms with E-state index in [4.69, 9.17) is 11.6 Å². The fraction of sp³-hybridized carbons (Fsp3) is 0.154. The molecule has 0 amide bonds. The van der Waals surface area contributed by atoms with Crippen molar-refractivity contribution in [3.63, 3.8) is 0 Å². The van der Waals surface area contributed by atoms with Gasteiger partial charge in [-0.3, -0.25) is 0 Å². The Kier molecular flexibility index (Phi) is 5.00. The lowest BCUT2D eigenvalue weighted by Gasteiger charge is -2.09. The van der Waals surface area contributed by atoms with Crippen LogP contribution in [0.3, 0.4) is 0 Å². The highest BCUT2D eigenvalue weighted by Gasteiger charge is 2.20. The first-order valence-corrected chi connectivity index (χ1v) is 8.58. The average Bonchev–Trinajstić information content (AvgIpc) is 2.98. The van der Waals surface area contributed by atoms with Gasteiger partial charge in [0.1, 0.15) is 4.90 Å². The molecule has 0 spiro atoms. The Labute approximate surface area is 131 Å². The van der Waals surface area contributed by atoms with Gasteiger partial charge in [0.25, 0.3) is 0 Å². The number of methoxy groups -OCH3 is 1. The van der Waals surface area contributed by atoms with Gasteiger partial charge in [0.15, 0.2) is 0 Å². The molecule has 8 heteroatoms. The van der Waals surface area contributed by atoms with Crippen molar-refractivity contribution >= 4 is 38.9 Å². The lowest BCUT2D eigenvalue weighted by molar-refractivity contribution is 0.0600. The first-order chi connectivity index (χ1) is 9.94. The van der Waals surface area contributed by atoms with E-state index in [0.29, 0.717) is 0 Å². The summed E-state index contributed by atoms with van der Waals surface area (Å²) in [4.78, 5) is 12.2. The molecule has 0 saturated carbocycles. The van der Waals surface area contributed by atoms with Crippen molar-refractivity contribution < 1.29 is 17.9 Å². The van der Waals surface area contributed by atoms with E-state index in [2.05, 4.69) is 9.46 Å². The maximum Gasteiger partial charge on any atom is 0.337 e. The van der Waals surface area contributed by atoms with Gasteiger partial charge >= 0.3 is 5.97 Å². The summed E-state index contributed by atoms with van der Waals surface area (Å²) in [7, 11) is -2.59. The van der Waals surface area contributed by atoms with Crippen LogP contribution in [-0.4, -0.2) is 21.5 Å². The van der Waals surface area contributed by atoms with Crippen LogP contribution in [0.2, 0.25) is 5.02 Å². The lowest BCUT2D eigenvalue weighted by Crippen LogP contribution is -2.23. The van der Waals surface area contributed by atoms with Gasteiger partial charge in [0.2, 0.25) is 10.0 Å². The number of halogens is 1. The van der Waals surface area contributed by atoms with E-state index < -0.39 is 16.0 Å². The van der Waals surface area contributed by atoms with Crippen molar-refractivity contribution in [1.29, 1.82) is 0 Å². The molecule has 0 saturated heterocycles. The fourth-order valence-electron chi connectivity index (χ4n) is 1.61. The minimum Gasteiger partial charge on any atom is -0.465 e. The highest BCUT2D eigenvalue weighted by atomic mass is 35.5. The maximum atomic E-state index is 12.3. The standard InChI is InChI=1S/C13H12ClNO4S2/c1-19-13(16)9-4-5-11(14)12(7-9)21(17,18)15-8-10-3-2-6-20-10/h2-7,15H,8H2,1H3.